The van der Waals surface area contributed by atoms with Gasteiger partial charge < -0.3 is 10.4 Å². The molecule has 1 saturated heterocycles. The van der Waals surface area contributed by atoms with Crippen LogP contribution < -0.4 is 5.32 Å². The summed E-state index contributed by atoms with van der Waals surface area (Å²) in [5.41, 5.74) is 3.51. The Balaban J connectivity index is 1.37. The van der Waals surface area contributed by atoms with Crippen LogP contribution in [0.1, 0.15) is 40.2 Å². The largest absolute Gasteiger partial charge is 0.478 e. The molecule has 1 saturated carbocycles. The first kappa shape index (κ1) is 23.3. The molecule has 0 unspecified atom stereocenters. The molecule has 1 heterocycles. The van der Waals surface area contributed by atoms with Crippen LogP contribution in [0.4, 0.5) is 13.2 Å². The van der Waals surface area contributed by atoms with Crippen LogP contribution in [0.25, 0.3) is 33.0 Å². The quantitative estimate of drug-likeness (QED) is 0.320. The SMILES string of the molecule is O=C(O)c1cc(-c2ccc([C@@H]3C[C@@H]4C[C@H]3NC4=O)cc2)c2ccc(-c3ccc(C(F)(F)F)cc3)cc2c1. The number of hydrogen-bond donors (Lipinski definition) is 2. The molecule has 2 aliphatic rings. The lowest BCUT2D eigenvalue weighted by molar-refractivity contribution is -0.137. The van der Waals surface area contributed by atoms with E-state index < -0.39 is 17.7 Å². The lowest BCUT2D eigenvalue weighted by atomic mass is 9.88. The Labute approximate surface area is 210 Å². The summed E-state index contributed by atoms with van der Waals surface area (Å²) in [6.07, 6.45) is -2.69. The van der Waals surface area contributed by atoms with Crippen molar-refractivity contribution in [3.8, 4) is 22.3 Å². The van der Waals surface area contributed by atoms with Gasteiger partial charge >= 0.3 is 12.1 Å². The Kier molecular flexibility index (Phi) is 5.33. The highest BCUT2D eigenvalue weighted by Crippen LogP contribution is 2.43. The van der Waals surface area contributed by atoms with Gasteiger partial charge in [-0.3, -0.25) is 4.79 Å². The van der Waals surface area contributed by atoms with Gasteiger partial charge in [0.2, 0.25) is 5.91 Å². The molecule has 2 fully saturated rings. The fraction of sp³-hybridized carbons (Fsp3) is 0.200. The number of fused-ring (bicyclic) bond motifs is 3. The molecule has 4 aromatic carbocycles. The molecule has 6 rings (SSSR count). The van der Waals surface area contributed by atoms with E-state index in [1.165, 1.54) is 12.1 Å². The smallest absolute Gasteiger partial charge is 0.416 e. The molecule has 0 spiro atoms. The maximum Gasteiger partial charge on any atom is 0.416 e. The van der Waals surface area contributed by atoms with E-state index in [1.807, 2.05) is 36.4 Å². The van der Waals surface area contributed by atoms with Gasteiger partial charge in [-0.25, -0.2) is 4.79 Å². The molecular weight excluding hydrogens is 479 g/mol. The third-order valence-corrected chi connectivity index (χ3v) is 7.66. The summed E-state index contributed by atoms with van der Waals surface area (Å²) >= 11 is 0. The van der Waals surface area contributed by atoms with Crippen molar-refractivity contribution in [2.24, 2.45) is 5.92 Å². The number of halogens is 3. The zero-order valence-corrected chi connectivity index (χ0v) is 19.5. The number of hydrogen-bond acceptors (Lipinski definition) is 2. The highest BCUT2D eigenvalue weighted by Gasteiger charge is 2.45. The fourth-order valence-electron chi connectivity index (χ4n) is 5.75. The van der Waals surface area contributed by atoms with Crippen molar-refractivity contribution in [2.45, 2.75) is 31.0 Å². The molecule has 186 valence electrons. The summed E-state index contributed by atoms with van der Waals surface area (Å²) in [6.45, 7) is 0. The molecule has 2 N–H and O–H groups in total. The van der Waals surface area contributed by atoms with Crippen LogP contribution in [0, 0.1) is 5.92 Å². The summed E-state index contributed by atoms with van der Waals surface area (Å²) in [5, 5.41) is 14.3. The van der Waals surface area contributed by atoms with Crippen LogP contribution in [-0.2, 0) is 11.0 Å². The topological polar surface area (TPSA) is 66.4 Å². The Morgan fingerprint density at radius 2 is 1.51 bits per heavy atom. The summed E-state index contributed by atoms with van der Waals surface area (Å²) in [7, 11) is 0. The van der Waals surface area contributed by atoms with E-state index in [1.54, 1.807) is 18.2 Å². The zero-order chi connectivity index (χ0) is 25.9. The predicted octanol–water partition coefficient (Wildman–Crippen LogP) is 6.88. The standard InChI is InChI=1S/C30H22F3NO3/c31-30(32,33)23-8-5-16(6-9-23)19-7-10-24-20(11-19)12-22(29(36)37)14-25(24)17-1-3-18(4-2-17)26-13-21-15-27(26)34-28(21)35/h1-12,14,21,26-27H,13,15H2,(H,34,35)(H,36,37)/t21-,26+,27-/m1/s1. The van der Waals surface area contributed by atoms with Crippen molar-refractivity contribution in [2.75, 3.05) is 0 Å². The van der Waals surface area contributed by atoms with E-state index in [0.717, 1.165) is 47.1 Å². The van der Waals surface area contributed by atoms with E-state index in [2.05, 4.69) is 5.32 Å². The maximum absolute atomic E-state index is 13.0. The number of carbonyl (C=O) groups excluding carboxylic acids is 1. The summed E-state index contributed by atoms with van der Waals surface area (Å²) in [6, 6.07) is 21.9. The van der Waals surface area contributed by atoms with Gasteiger partial charge in [-0.2, -0.15) is 13.2 Å². The molecule has 2 bridgehead atoms. The van der Waals surface area contributed by atoms with Gasteiger partial charge in [-0.1, -0.05) is 48.5 Å². The predicted molar refractivity (Wildman–Crippen MR) is 134 cm³/mol. The van der Waals surface area contributed by atoms with Crippen LogP contribution in [0.2, 0.25) is 0 Å². The van der Waals surface area contributed by atoms with Gasteiger partial charge in [-0.05, 0) is 81.8 Å². The van der Waals surface area contributed by atoms with E-state index in [0.29, 0.717) is 16.5 Å². The molecule has 1 aliphatic carbocycles. The minimum absolute atomic E-state index is 0.0877. The first-order valence-electron chi connectivity index (χ1n) is 12.1. The normalized spacial score (nSPS) is 20.8. The summed E-state index contributed by atoms with van der Waals surface area (Å²) in [5.74, 6) is -0.544. The number of piperidine rings is 1. The third-order valence-electron chi connectivity index (χ3n) is 7.66. The number of carboxylic acid groups (broad SMARTS) is 1. The monoisotopic (exact) mass is 501 g/mol. The number of amides is 1. The molecule has 3 atom stereocenters. The third kappa shape index (κ3) is 4.14. The van der Waals surface area contributed by atoms with Crippen molar-refractivity contribution < 1.29 is 27.9 Å². The number of aromatic carboxylic acids is 1. The highest BCUT2D eigenvalue weighted by atomic mass is 19.4. The van der Waals surface area contributed by atoms with Crippen LogP contribution in [-0.4, -0.2) is 23.0 Å². The lowest BCUT2D eigenvalue weighted by Gasteiger charge is -2.23. The van der Waals surface area contributed by atoms with Gasteiger partial charge in [0, 0.05) is 17.9 Å². The van der Waals surface area contributed by atoms with E-state index >= 15 is 0 Å². The minimum atomic E-state index is -4.41. The number of carbonyl (C=O) groups is 2. The molecule has 37 heavy (non-hydrogen) atoms. The average molecular weight is 502 g/mol. The van der Waals surface area contributed by atoms with Crippen molar-refractivity contribution >= 4 is 22.6 Å². The number of alkyl halides is 3. The molecule has 4 aromatic rings. The lowest BCUT2D eigenvalue weighted by Crippen LogP contribution is -2.35. The minimum Gasteiger partial charge on any atom is -0.478 e. The second-order valence-electron chi connectivity index (χ2n) is 9.85. The van der Waals surface area contributed by atoms with Crippen molar-refractivity contribution in [1.29, 1.82) is 0 Å². The van der Waals surface area contributed by atoms with Crippen LogP contribution in [0.5, 0.6) is 0 Å². The Bertz CT molecular complexity index is 1540. The molecule has 1 amide bonds. The van der Waals surface area contributed by atoms with Crippen LogP contribution >= 0.6 is 0 Å². The first-order valence-corrected chi connectivity index (χ1v) is 12.1. The second-order valence-corrected chi connectivity index (χ2v) is 9.85. The van der Waals surface area contributed by atoms with Gasteiger partial charge in [0.25, 0.3) is 0 Å². The number of benzene rings is 4. The first-order chi connectivity index (χ1) is 17.7. The molecule has 4 nitrogen and oxygen atoms in total. The molecular formula is C30H22F3NO3. The summed E-state index contributed by atoms with van der Waals surface area (Å²) < 4.78 is 38.9. The molecule has 1 aliphatic heterocycles. The van der Waals surface area contributed by atoms with Crippen LogP contribution in [0.3, 0.4) is 0 Å². The van der Waals surface area contributed by atoms with E-state index in [4.69, 9.17) is 0 Å². The maximum atomic E-state index is 13.0. The Morgan fingerprint density at radius 1 is 0.838 bits per heavy atom. The molecule has 0 aromatic heterocycles. The zero-order valence-electron chi connectivity index (χ0n) is 19.5. The number of rotatable bonds is 4. The fourth-order valence-corrected chi connectivity index (χ4v) is 5.75. The van der Waals surface area contributed by atoms with Crippen molar-refractivity contribution in [3.05, 3.63) is 95.6 Å². The average Bonchev–Trinajstić information content (AvgIpc) is 3.47. The van der Waals surface area contributed by atoms with E-state index in [-0.39, 0.29) is 29.3 Å². The summed E-state index contributed by atoms with van der Waals surface area (Å²) in [4.78, 5) is 23.7. The second kappa shape index (κ2) is 8.47. The van der Waals surface area contributed by atoms with Crippen molar-refractivity contribution in [1.82, 2.24) is 5.32 Å². The van der Waals surface area contributed by atoms with Gasteiger partial charge in [-0.15, -0.1) is 0 Å². The van der Waals surface area contributed by atoms with E-state index in [9.17, 15) is 27.9 Å². The number of carboxylic acids is 1. The molecule has 7 heteroatoms. The van der Waals surface area contributed by atoms with Crippen molar-refractivity contribution in [3.63, 3.8) is 0 Å². The molecule has 0 radical (unpaired) electrons. The van der Waals surface area contributed by atoms with Crippen LogP contribution in [0.15, 0.2) is 78.9 Å². The van der Waals surface area contributed by atoms with Gasteiger partial charge in [0.15, 0.2) is 0 Å². The van der Waals surface area contributed by atoms with Gasteiger partial charge in [0.05, 0.1) is 11.1 Å². The Morgan fingerprint density at radius 3 is 2.11 bits per heavy atom. The Hall–Kier alpha value is -4.13. The van der Waals surface area contributed by atoms with Gasteiger partial charge in [0.1, 0.15) is 0 Å². The highest BCUT2D eigenvalue weighted by molar-refractivity contribution is 6.04. The number of nitrogens with one attached hydrogen (secondary N) is 1.